The number of fused-ring (bicyclic) bond motifs is 5. The third kappa shape index (κ3) is 3.58. The zero-order valence-corrected chi connectivity index (χ0v) is 26.4. The lowest BCUT2D eigenvalue weighted by atomic mass is 9.37. The molecule has 0 spiro atoms. The molecule has 0 amide bonds. The molecule has 1 atom stereocenters. The van der Waals surface area contributed by atoms with E-state index in [0.717, 1.165) is 6.42 Å². The fourth-order valence-corrected chi connectivity index (χ4v) is 9.17. The molecular weight excluding hydrogens is 577 g/mol. The molecule has 11 rings (SSSR count). The highest BCUT2D eigenvalue weighted by molar-refractivity contribution is 7.01. The van der Waals surface area contributed by atoms with Gasteiger partial charge in [-0.05, 0) is 109 Å². The molecule has 2 heteroatoms. The molecule has 0 N–H and O–H groups in total. The maximum atomic E-state index is 2.54. The predicted octanol–water partition coefficient (Wildman–Crippen LogP) is 9.39. The van der Waals surface area contributed by atoms with Crippen LogP contribution in [0.2, 0.25) is 0 Å². The summed E-state index contributed by atoms with van der Waals surface area (Å²) < 4.78 is 0. The van der Waals surface area contributed by atoms with Crippen molar-refractivity contribution < 1.29 is 0 Å². The molecule has 0 saturated heterocycles. The van der Waals surface area contributed by atoms with Gasteiger partial charge in [-0.3, -0.25) is 0 Å². The number of benzene rings is 6. The molecule has 0 aromatic heterocycles. The van der Waals surface area contributed by atoms with Crippen molar-refractivity contribution in [2.24, 2.45) is 0 Å². The van der Waals surface area contributed by atoms with Crippen molar-refractivity contribution in [3.63, 3.8) is 0 Å². The topological polar surface area (TPSA) is 3.24 Å². The molecule has 2 aliphatic heterocycles. The maximum Gasteiger partial charge on any atom is 0.248 e. The van der Waals surface area contributed by atoms with E-state index in [9.17, 15) is 0 Å². The van der Waals surface area contributed by atoms with Gasteiger partial charge in [0, 0.05) is 23.0 Å². The average molecular weight is 608 g/mol. The van der Waals surface area contributed by atoms with Gasteiger partial charge in [-0.2, -0.15) is 0 Å². The fraction of sp³-hybridized carbons (Fsp3) is 0.0435. The molecule has 1 nitrogen and oxygen atoms in total. The highest BCUT2D eigenvalue weighted by Gasteiger charge is 2.42. The van der Waals surface area contributed by atoms with Crippen molar-refractivity contribution >= 4 is 46.2 Å². The molecule has 0 fully saturated rings. The summed E-state index contributed by atoms with van der Waals surface area (Å²) in [5.74, 6) is 0.363. The van der Waals surface area contributed by atoms with Crippen molar-refractivity contribution in [1.82, 2.24) is 0 Å². The maximum absolute atomic E-state index is 2.54. The second kappa shape index (κ2) is 9.83. The molecule has 2 heterocycles. The molecule has 222 valence electrons. The van der Waals surface area contributed by atoms with Gasteiger partial charge in [0.25, 0.3) is 0 Å². The molecule has 6 aromatic rings. The average Bonchev–Trinajstić information content (AvgIpc) is 3.49. The zero-order valence-electron chi connectivity index (χ0n) is 26.4. The number of allylic oxidation sites excluding steroid dienone is 7. The monoisotopic (exact) mass is 607 g/mol. The minimum Gasteiger partial charge on any atom is -0.311 e. The summed E-state index contributed by atoms with van der Waals surface area (Å²) in [6, 6.07) is 47.7. The standard InChI is InChI=1S/C46H30BN/c1-2-10-29(11-3-1)36-14-4-5-15-37(36)32-24-25-40-39(28-32)38-16-9-19-43-46(38)47(40)41-17-6-7-18-42(41)48(43)35-26-33-22-20-30-12-8-13-31-21-23-34(27-35)45(33)44(30)31/h1-22,24-28,44H,23H2. The Hall–Kier alpha value is -5.86. The molecule has 1 unspecified atom stereocenters. The molecule has 0 saturated carbocycles. The summed E-state index contributed by atoms with van der Waals surface area (Å²) in [4.78, 5) is 2.54. The molecule has 0 bridgehead atoms. The van der Waals surface area contributed by atoms with Crippen molar-refractivity contribution in [1.29, 1.82) is 0 Å². The highest BCUT2D eigenvalue weighted by Crippen LogP contribution is 2.49. The summed E-state index contributed by atoms with van der Waals surface area (Å²) in [6.45, 7) is 0.208. The number of hydrogen-bond acceptors (Lipinski definition) is 1. The smallest absolute Gasteiger partial charge is 0.248 e. The van der Waals surface area contributed by atoms with Crippen molar-refractivity contribution in [2.75, 3.05) is 4.90 Å². The number of nitrogens with zero attached hydrogens (tertiary/aromatic N) is 1. The van der Waals surface area contributed by atoms with Crippen LogP contribution in [0.5, 0.6) is 0 Å². The zero-order chi connectivity index (χ0) is 31.3. The molecule has 6 aromatic carbocycles. The summed E-state index contributed by atoms with van der Waals surface area (Å²) >= 11 is 0. The summed E-state index contributed by atoms with van der Waals surface area (Å²) in [5.41, 5.74) is 22.9. The van der Waals surface area contributed by atoms with E-state index in [4.69, 9.17) is 0 Å². The molecule has 3 aliphatic carbocycles. The Balaban J connectivity index is 1.09. The van der Waals surface area contributed by atoms with Gasteiger partial charge in [0.1, 0.15) is 0 Å². The first-order valence-corrected chi connectivity index (χ1v) is 17.1. The van der Waals surface area contributed by atoms with Crippen LogP contribution in [-0.2, 0) is 6.42 Å². The third-order valence-corrected chi connectivity index (χ3v) is 11.2. The Morgan fingerprint density at radius 2 is 1.35 bits per heavy atom. The van der Waals surface area contributed by atoms with Crippen LogP contribution in [0, 0.1) is 0 Å². The first kappa shape index (κ1) is 26.2. The van der Waals surface area contributed by atoms with Crippen LogP contribution in [0.25, 0.3) is 39.5 Å². The third-order valence-electron chi connectivity index (χ3n) is 11.2. The van der Waals surface area contributed by atoms with E-state index in [0.29, 0.717) is 5.92 Å². The van der Waals surface area contributed by atoms with E-state index in [2.05, 4.69) is 169 Å². The summed E-state index contributed by atoms with van der Waals surface area (Å²) in [7, 11) is 0. The van der Waals surface area contributed by atoms with Gasteiger partial charge in [-0.15, -0.1) is 0 Å². The van der Waals surface area contributed by atoms with E-state index in [-0.39, 0.29) is 6.71 Å². The Kier molecular flexibility index (Phi) is 5.37. The second-order valence-electron chi connectivity index (χ2n) is 13.6. The lowest BCUT2D eigenvalue weighted by Gasteiger charge is -2.38. The quantitative estimate of drug-likeness (QED) is 0.181. The van der Waals surface area contributed by atoms with E-state index in [1.54, 1.807) is 0 Å². The van der Waals surface area contributed by atoms with E-state index in [1.807, 2.05) is 0 Å². The Labute approximate surface area is 281 Å². The van der Waals surface area contributed by atoms with Crippen molar-refractivity contribution in [3.05, 3.63) is 186 Å². The van der Waals surface area contributed by atoms with Gasteiger partial charge >= 0.3 is 0 Å². The molecular formula is C46H30BN. The second-order valence-corrected chi connectivity index (χ2v) is 13.6. The van der Waals surface area contributed by atoms with Gasteiger partial charge in [-0.1, -0.05) is 139 Å². The van der Waals surface area contributed by atoms with E-state index < -0.39 is 0 Å². The first-order chi connectivity index (χ1) is 23.8. The Morgan fingerprint density at radius 3 is 2.27 bits per heavy atom. The number of para-hydroxylation sites is 1. The normalized spacial score (nSPS) is 16.9. The van der Waals surface area contributed by atoms with Crippen molar-refractivity contribution in [2.45, 2.75) is 12.3 Å². The molecule has 48 heavy (non-hydrogen) atoms. The Morgan fingerprint density at radius 1 is 0.562 bits per heavy atom. The van der Waals surface area contributed by atoms with Crippen LogP contribution >= 0.6 is 0 Å². The summed E-state index contributed by atoms with van der Waals surface area (Å²) in [5, 5.41) is 0. The minimum atomic E-state index is 0.208. The number of anilines is 3. The van der Waals surface area contributed by atoms with Crippen LogP contribution in [-0.4, -0.2) is 6.71 Å². The van der Waals surface area contributed by atoms with E-state index >= 15 is 0 Å². The summed E-state index contributed by atoms with van der Waals surface area (Å²) in [6.07, 6.45) is 14.9. The fourth-order valence-electron chi connectivity index (χ4n) is 9.17. The molecule has 0 radical (unpaired) electrons. The van der Waals surface area contributed by atoms with Crippen LogP contribution in [0.3, 0.4) is 0 Å². The first-order valence-electron chi connectivity index (χ1n) is 17.1. The van der Waals surface area contributed by atoms with Crippen molar-refractivity contribution in [3.8, 4) is 33.4 Å². The minimum absolute atomic E-state index is 0.208. The van der Waals surface area contributed by atoms with Gasteiger partial charge in [-0.25, -0.2) is 0 Å². The molecule has 5 aliphatic rings. The van der Waals surface area contributed by atoms with E-state index in [1.165, 1.54) is 94.7 Å². The van der Waals surface area contributed by atoms with Crippen LogP contribution in [0.15, 0.2) is 169 Å². The van der Waals surface area contributed by atoms with Gasteiger partial charge in [0.05, 0.1) is 0 Å². The van der Waals surface area contributed by atoms with Gasteiger partial charge in [0.15, 0.2) is 0 Å². The van der Waals surface area contributed by atoms with Crippen LogP contribution in [0.4, 0.5) is 17.1 Å². The number of hydrogen-bond donors (Lipinski definition) is 0. The van der Waals surface area contributed by atoms with Crippen LogP contribution in [0.1, 0.15) is 22.6 Å². The SMILES string of the molecule is C1=CC2=CCc3cc(N4c5ccccc5B5c6ccc(-c7ccccc7-c7ccccc7)cc6-c6cccc4c65)cc4c3C2C(=C1)C=C4. The van der Waals surface area contributed by atoms with Gasteiger partial charge < -0.3 is 4.90 Å². The van der Waals surface area contributed by atoms with Gasteiger partial charge in [0.2, 0.25) is 6.71 Å². The lowest BCUT2D eigenvalue weighted by Crippen LogP contribution is -2.54. The number of rotatable bonds is 3. The predicted molar refractivity (Wildman–Crippen MR) is 203 cm³/mol. The highest BCUT2D eigenvalue weighted by atomic mass is 15.2. The van der Waals surface area contributed by atoms with Crippen LogP contribution < -0.4 is 21.3 Å². The lowest BCUT2D eigenvalue weighted by molar-refractivity contribution is 0.892. The Bertz CT molecular complexity index is 2490. The largest absolute Gasteiger partial charge is 0.311 e.